The zero-order valence-electron chi connectivity index (χ0n) is 9.08. The van der Waals surface area contributed by atoms with Gasteiger partial charge in [-0.05, 0) is 38.4 Å². The van der Waals surface area contributed by atoms with Crippen molar-refractivity contribution in [3.63, 3.8) is 0 Å². The van der Waals surface area contributed by atoms with E-state index < -0.39 is 0 Å². The van der Waals surface area contributed by atoms with Gasteiger partial charge >= 0.3 is 0 Å². The van der Waals surface area contributed by atoms with Crippen LogP contribution in [0.3, 0.4) is 0 Å². The van der Waals surface area contributed by atoms with Gasteiger partial charge in [0.15, 0.2) is 5.11 Å². The van der Waals surface area contributed by atoms with Crippen LogP contribution in [-0.2, 0) is 4.74 Å². The number of hydrogen-bond donors (Lipinski definition) is 1. The van der Waals surface area contributed by atoms with E-state index in [-0.39, 0.29) is 0 Å². The van der Waals surface area contributed by atoms with E-state index in [9.17, 15) is 0 Å². The smallest absolute Gasteiger partial charge is 0.169 e. The highest BCUT2D eigenvalue weighted by molar-refractivity contribution is 7.80. The molecule has 0 aromatic rings. The summed E-state index contributed by atoms with van der Waals surface area (Å²) in [5.74, 6) is 0. The number of thiocarbonyl (C=S) groups is 1. The zero-order chi connectivity index (χ0) is 10.4. The molecule has 1 N–H and O–H groups in total. The number of methoxy groups -OCH3 is 1. The minimum Gasteiger partial charge on any atom is -0.385 e. The van der Waals surface area contributed by atoms with E-state index in [0.717, 1.165) is 31.2 Å². The van der Waals surface area contributed by atoms with Crippen LogP contribution < -0.4 is 5.32 Å². The van der Waals surface area contributed by atoms with Gasteiger partial charge in [-0.2, -0.15) is 0 Å². The zero-order valence-corrected chi connectivity index (χ0v) is 9.90. The van der Waals surface area contributed by atoms with Gasteiger partial charge in [-0.25, -0.2) is 0 Å². The van der Waals surface area contributed by atoms with Crippen LogP contribution in [0, 0.1) is 0 Å². The maximum atomic E-state index is 5.31. The highest BCUT2D eigenvalue weighted by Crippen LogP contribution is 2.15. The van der Waals surface area contributed by atoms with Gasteiger partial charge in [-0.1, -0.05) is 0 Å². The summed E-state index contributed by atoms with van der Waals surface area (Å²) >= 11 is 5.31. The van der Waals surface area contributed by atoms with E-state index in [1.165, 1.54) is 12.8 Å². The standard InChI is InChI=1S/C10H20N2OS/c1-9-5-3-7-12(9)10(14)11-6-4-8-13-2/h9H,3-8H2,1-2H3,(H,11,14). The van der Waals surface area contributed by atoms with Crippen molar-refractivity contribution >= 4 is 17.3 Å². The maximum absolute atomic E-state index is 5.31. The van der Waals surface area contributed by atoms with Crippen LogP contribution in [0.4, 0.5) is 0 Å². The average Bonchev–Trinajstić information content (AvgIpc) is 2.59. The highest BCUT2D eigenvalue weighted by atomic mass is 32.1. The molecule has 0 bridgehead atoms. The van der Waals surface area contributed by atoms with E-state index in [1.54, 1.807) is 7.11 Å². The van der Waals surface area contributed by atoms with Gasteiger partial charge in [0.05, 0.1) is 0 Å². The van der Waals surface area contributed by atoms with Crippen molar-refractivity contribution in [2.75, 3.05) is 26.8 Å². The molecule has 1 unspecified atom stereocenters. The molecule has 1 aliphatic heterocycles. The summed E-state index contributed by atoms with van der Waals surface area (Å²) in [4.78, 5) is 2.28. The highest BCUT2D eigenvalue weighted by Gasteiger charge is 2.21. The summed E-state index contributed by atoms with van der Waals surface area (Å²) < 4.78 is 4.97. The molecule has 1 rings (SSSR count). The number of likely N-dealkylation sites (tertiary alicyclic amines) is 1. The van der Waals surface area contributed by atoms with Crippen molar-refractivity contribution in [3.8, 4) is 0 Å². The lowest BCUT2D eigenvalue weighted by atomic mass is 10.2. The van der Waals surface area contributed by atoms with E-state index >= 15 is 0 Å². The third kappa shape index (κ3) is 3.42. The molecule has 4 heteroatoms. The normalized spacial score (nSPS) is 21.3. The summed E-state index contributed by atoms with van der Waals surface area (Å²) in [5.41, 5.74) is 0. The van der Waals surface area contributed by atoms with Crippen molar-refractivity contribution in [2.24, 2.45) is 0 Å². The molecule has 82 valence electrons. The van der Waals surface area contributed by atoms with Crippen LogP contribution in [0.1, 0.15) is 26.2 Å². The fraction of sp³-hybridized carbons (Fsp3) is 0.900. The van der Waals surface area contributed by atoms with E-state index in [2.05, 4.69) is 17.1 Å². The van der Waals surface area contributed by atoms with Gasteiger partial charge in [0, 0.05) is 32.8 Å². The molecule has 0 amide bonds. The summed E-state index contributed by atoms with van der Waals surface area (Å²) in [6.45, 7) is 5.05. The molecular weight excluding hydrogens is 196 g/mol. The Labute approximate surface area is 91.8 Å². The average molecular weight is 216 g/mol. The van der Waals surface area contributed by atoms with Gasteiger partial charge < -0.3 is 15.0 Å². The predicted octanol–water partition coefficient (Wildman–Crippen LogP) is 1.38. The summed E-state index contributed by atoms with van der Waals surface area (Å²) in [7, 11) is 1.72. The Balaban J connectivity index is 2.14. The largest absolute Gasteiger partial charge is 0.385 e. The van der Waals surface area contributed by atoms with Crippen LogP contribution >= 0.6 is 12.2 Å². The first-order valence-corrected chi connectivity index (χ1v) is 5.70. The fourth-order valence-corrected chi connectivity index (χ4v) is 2.12. The first-order chi connectivity index (χ1) is 6.75. The first-order valence-electron chi connectivity index (χ1n) is 5.29. The first kappa shape index (κ1) is 11.7. The van der Waals surface area contributed by atoms with Crippen molar-refractivity contribution in [2.45, 2.75) is 32.2 Å². The Morgan fingerprint density at radius 3 is 3.00 bits per heavy atom. The molecule has 1 atom stereocenters. The van der Waals surface area contributed by atoms with Crippen molar-refractivity contribution in [1.82, 2.24) is 10.2 Å². The lowest BCUT2D eigenvalue weighted by Gasteiger charge is -2.24. The van der Waals surface area contributed by atoms with Gasteiger partial charge in [0.2, 0.25) is 0 Å². The summed E-state index contributed by atoms with van der Waals surface area (Å²) in [6, 6.07) is 0.609. The monoisotopic (exact) mass is 216 g/mol. The lowest BCUT2D eigenvalue weighted by Crippen LogP contribution is -2.41. The molecule has 0 aliphatic carbocycles. The molecule has 1 fully saturated rings. The molecule has 0 aromatic carbocycles. The predicted molar refractivity (Wildman–Crippen MR) is 62.5 cm³/mol. The van der Waals surface area contributed by atoms with Crippen LogP contribution in [-0.4, -0.2) is 42.9 Å². The molecular formula is C10H20N2OS. The number of ether oxygens (including phenoxy) is 1. The summed E-state index contributed by atoms with van der Waals surface area (Å²) in [5, 5.41) is 4.18. The number of nitrogens with zero attached hydrogens (tertiary/aromatic N) is 1. The van der Waals surface area contributed by atoms with E-state index in [1.807, 2.05) is 0 Å². The molecule has 0 aromatic heterocycles. The Morgan fingerprint density at radius 1 is 1.64 bits per heavy atom. The van der Waals surface area contributed by atoms with Crippen molar-refractivity contribution < 1.29 is 4.74 Å². The molecule has 1 saturated heterocycles. The van der Waals surface area contributed by atoms with Gasteiger partial charge in [-0.3, -0.25) is 0 Å². The Morgan fingerprint density at radius 2 is 2.43 bits per heavy atom. The molecule has 0 saturated carbocycles. The van der Waals surface area contributed by atoms with Crippen LogP contribution in [0.2, 0.25) is 0 Å². The Kier molecular flexibility index (Phi) is 5.19. The SMILES string of the molecule is COCCCNC(=S)N1CCCC1C. The topological polar surface area (TPSA) is 24.5 Å². The van der Waals surface area contributed by atoms with Crippen molar-refractivity contribution in [3.05, 3.63) is 0 Å². The number of nitrogens with one attached hydrogen (secondary N) is 1. The van der Waals surface area contributed by atoms with Gasteiger partial charge in [0.25, 0.3) is 0 Å². The van der Waals surface area contributed by atoms with Gasteiger partial charge in [0.1, 0.15) is 0 Å². The van der Waals surface area contributed by atoms with Crippen molar-refractivity contribution in [1.29, 1.82) is 0 Å². The molecule has 1 aliphatic rings. The quantitative estimate of drug-likeness (QED) is 0.567. The van der Waals surface area contributed by atoms with E-state index in [0.29, 0.717) is 6.04 Å². The molecule has 0 radical (unpaired) electrons. The number of hydrogen-bond acceptors (Lipinski definition) is 2. The second kappa shape index (κ2) is 6.19. The second-order valence-electron chi connectivity index (χ2n) is 3.76. The van der Waals surface area contributed by atoms with Crippen LogP contribution in [0.15, 0.2) is 0 Å². The molecule has 14 heavy (non-hydrogen) atoms. The lowest BCUT2D eigenvalue weighted by molar-refractivity contribution is 0.195. The Bertz CT molecular complexity index is 187. The number of rotatable bonds is 4. The third-order valence-electron chi connectivity index (χ3n) is 2.62. The van der Waals surface area contributed by atoms with Crippen LogP contribution in [0.5, 0.6) is 0 Å². The maximum Gasteiger partial charge on any atom is 0.169 e. The van der Waals surface area contributed by atoms with Gasteiger partial charge in [-0.15, -0.1) is 0 Å². The minimum absolute atomic E-state index is 0.609. The van der Waals surface area contributed by atoms with E-state index in [4.69, 9.17) is 17.0 Å². The third-order valence-corrected chi connectivity index (χ3v) is 2.99. The molecule has 0 spiro atoms. The van der Waals surface area contributed by atoms with Crippen LogP contribution in [0.25, 0.3) is 0 Å². The second-order valence-corrected chi connectivity index (χ2v) is 4.15. The fourth-order valence-electron chi connectivity index (χ4n) is 1.75. The Hall–Kier alpha value is -0.350. The minimum atomic E-state index is 0.609. The summed E-state index contributed by atoms with van der Waals surface area (Å²) in [6.07, 6.45) is 3.54. The molecule has 3 nitrogen and oxygen atoms in total. The molecule has 1 heterocycles.